The van der Waals surface area contributed by atoms with Crippen LogP contribution >= 0.6 is 23.4 Å². The summed E-state index contributed by atoms with van der Waals surface area (Å²) in [6.07, 6.45) is 4.88. The Bertz CT molecular complexity index is 634. The second kappa shape index (κ2) is 7.62. The number of amides is 1. The smallest absolute Gasteiger partial charge is 0.271 e. The molecule has 2 heterocycles. The van der Waals surface area contributed by atoms with E-state index in [1.165, 1.54) is 18.0 Å². The molecule has 0 radical (unpaired) electrons. The first-order valence-corrected chi connectivity index (χ1v) is 8.17. The minimum absolute atomic E-state index is 0.0698. The van der Waals surface area contributed by atoms with Crippen LogP contribution in [0.1, 0.15) is 22.3 Å². The van der Waals surface area contributed by atoms with Crippen molar-refractivity contribution in [2.45, 2.75) is 11.2 Å². The molecule has 0 aliphatic rings. The number of aromatic nitrogens is 2. The van der Waals surface area contributed by atoms with Crippen molar-refractivity contribution in [2.24, 2.45) is 0 Å². The van der Waals surface area contributed by atoms with Crippen molar-refractivity contribution in [3.63, 3.8) is 0 Å². The van der Waals surface area contributed by atoms with Gasteiger partial charge in [-0.25, -0.2) is 9.97 Å². The molecule has 2 rings (SSSR count). The number of hydrogen-bond donors (Lipinski definition) is 1. The number of nitrogens with one attached hydrogen (secondary N) is 1. The van der Waals surface area contributed by atoms with Gasteiger partial charge < -0.3 is 9.73 Å². The number of likely N-dealkylation sites (N-methyl/N-ethyl adjacent to an activating group) is 1. The Balaban J connectivity index is 2.08. The highest BCUT2D eigenvalue weighted by Crippen LogP contribution is 2.19. The van der Waals surface area contributed by atoms with Crippen LogP contribution in [-0.2, 0) is 0 Å². The van der Waals surface area contributed by atoms with Gasteiger partial charge in [0.1, 0.15) is 5.76 Å². The molecule has 0 spiro atoms. The fourth-order valence-electron chi connectivity index (χ4n) is 1.90. The van der Waals surface area contributed by atoms with Gasteiger partial charge in [0.05, 0.1) is 23.5 Å². The predicted molar refractivity (Wildman–Crippen MR) is 86.3 cm³/mol. The van der Waals surface area contributed by atoms with Crippen LogP contribution in [0.3, 0.4) is 0 Å². The molecule has 0 aliphatic carbocycles. The number of carbonyl (C=O) groups excluding carboxylic acids is 1. The van der Waals surface area contributed by atoms with Gasteiger partial charge in [0.25, 0.3) is 5.91 Å². The van der Waals surface area contributed by atoms with Crippen molar-refractivity contribution < 1.29 is 9.21 Å². The molecular formula is C14H17ClN4O2S. The standard InChI is InChI=1S/C14H17ClN4O2S/c1-19(2)10(11-5-4-6-21-11)8-16-13(20)12-9(15)7-17-14(18-12)22-3/h4-7,10H,8H2,1-3H3,(H,16,20)/t10-/m1/s1. The third kappa shape index (κ3) is 4.00. The number of hydrogen-bond acceptors (Lipinski definition) is 6. The molecule has 0 fully saturated rings. The van der Waals surface area contributed by atoms with Gasteiger partial charge in [-0.05, 0) is 32.5 Å². The third-order valence-corrected chi connectivity index (χ3v) is 3.91. The van der Waals surface area contributed by atoms with E-state index in [1.807, 2.05) is 37.4 Å². The maximum Gasteiger partial charge on any atom is 0.271 e. The molecule has 0 unspecified atom stereocenters. The Hall–Kier alpha value is -1.57. The average Bonchev–Trinajstić information content (AvgIpc) is 3.01. The van der Waals surface area contributed by atoms with Crippen LogP contribution in [0.5, 0.6) is 0 Å². The van der Waals surface area contributed by atoms with Crippen LogP contribution in [0.2, 0.25) is 5.02 Å². The summed E-state index contributed by atoms with van der Waals surface area (Å²) in [5.74, 6) is 0.449. The fourth-order valence-corrected chi connectivity index (χ4v) is 2.42. The third-order valence-electron chi connectivity index (χ3n) is 3.07. The van der Waals surface area contributed by atoms with Gasteiger partial charge in [-0.1, -0.05) is 23.4 Å². The van der Waals surface area contributed by atoms with Crippen molar-refractivity contribution >= 4 is 29.3 Å². The molecule has 2 aromatic rings. The molecule has 1 N–H and O–H groups in total. The summed E-state index contributed by atoms with van der Waals surface area (Å²) in [4.78, 5) is 22.4. The van der Waals surface area contributed by atoms with Gasteiger partial charge >= 0.3 is 0 Å². The highest BCUT2D eigenvalue weighted by Gasteiger charge is 2.20. The van der Waals surface area contributed by atoms with E-state index in [1.54, 1.807) is 6.26 Å². The monoisotopic (exact) mass is 340 g/mol. The summed E-state index contributed by atoms with van der Waals surface area (Å²) in [5.41, 5.74) is 0.179. The van der Waals surface area contributed by atoms with Crippen LogP contribution in [0.15, 0.2) is 34.2 Å². The normalized spacial score (nSPS) is 12.4. The Kier molecular flexibility index (Phi) is 5.82. The van der Waals surface area contributed by atoms with Crippen molar-refractivity contribution in [3.8, 4) is 0 Å². The summed E-state index contributed by atoms with van der Waals surface area (Å²) >= 11 is 7.35. The van der Waals surface area contributed by atoms with E-state index in [4.69, 9.17) is 16.0 Å². The number of thioether (sulfide) groups is 1. The molecule has 0 saturated heterocycles. The summed E-state index contributed by atoms with van der Waals surface area (Å²) in [6.45, 7) is 0.383. The van der Waals surface area contributed by atoms with E-state index in [9.17, 15) is 4.79 Å². The second-order valence-corrected chi connectivity index (χ2v) is 5.94. The molecule has 2 aromatic heterocycles. The van der Waals surface area contributed by atoms with Gasteiger partial charge in [-0.2, -0.15) is 0 Å². The minimum atomic E-state index is -0.332. The van der Waals surface area contributed by atoms with Crippen LogP contribution < -0.4 is 5.32 Å². The number of carbonyl (C=O) groups is 1. The van der Waals surface area contributed by atoms with E-state index in [0.717, 1.165) is 5.76 Å². The molecule has 0 saturated carbocycles. The number of nitrogens with zero attached hydrogens (tertiary/aromatic N) is 3. The van der Waals surface area contributed by atoms with Crippen molar-refractivity contribution in [1.82, 2.24) is 20.2 Å². The minimum Gasteiger partial charge on any atom is -0.468 e. The second-order valence-electron chi connectivity index (χ2n) is 4.76. The van der Waals surface area contributed by atoms with Gasteiger partial charge in [-0.15, -0.1) is 0 Å². The SMILES string of the molecule is CSc1ncc(Cl)c(C(=O)NC[C@H](c2ccco2)N(C)C)n1. The van der Waals surface area contributed by atoms with E-state index in [-0.39, 0.29) is 22.7 Å². The van der Waals surface area contributed by atoms with Gasteiger partial charge in [0, 0.05) is 6.54 Å². The summed E-state index contributed by atoms with van der Waals surface area (Å²) in [5, 5.41) is 3.57. The Morgan fingerprint density at radius 3 is 2.91 bits per heavy atom. The summed E-state index contributed by atoms with van der Waals surface area (Å²) in [6, 6.07) is 3.62. The molecule has 1 atom stereocenters. The van der Waals surface area contributed by atoms with Gasteiger partial charge in [0.2, 0.25) is 0 Å². The van der Waals surface area contributed by atoms with Crippen molar-refractivity contribution in [3.05, 3.63) is 41.1 Å². The van der Waals surface area contributed by atoms with Crippen molar-refractivity contribution in [2.75, 3.05) is 26.9 Å². The highest BCUT2D eigenvalue weighted by atomic mass is 35.5. The van der Waals surface area contributed by atoms with Gasteiger partial charge in [-0.3, -0.25) is 9.69 Å². The van der Waals surface area contributed by atoms with E-state index < -0.39 is 0 Å². The Labute approximate surface area is 138 Å². The quantitative estimate of drug-likeness (QED) is 0.643. The van der Waals surface area contributed by atoms with Crippen LogP contribution in [-0.4, -0.2) is 47.7 Å². The zero-order chi connectivity index (χ0) is 16.1. The zero-order valence-electron chi connectivity index (χ0n) is 12.5. The molecule has 8 heteroatoms. The molecule has 6 nitrogen and oxygen atoms in total. The summed E-state index contributed by atoms with van der Waals surface area (Å²) in [7, 11) is 3.84. The Morgan fingerprint density at radius 1 is 1.55 bits per heavy atom. The largest absolute Gasteiger partial charge is 0.468 e. The first-order valence-electron chi connectivity index (χ1n) is 6.57. The lowest BCUT2D eigenvalue weighted by Crippen LogP contribution is -2.35. The van der Waals surface area contributed by atoms with Crippen LogP contribution in [0.25, 0.3) is 0 Å². The maximum absolute atomic E-state index is 12.3. The number of rotatable bonds is 6. The lowest BCUT2D eigenvalue weighted by atomic mass is 10.2. The zero-order valence-corrected chi connectivity index (χ0v) is 14.1. The highest BCUT2D eigenvalue weighted by molar-refractivity contribution is 7.98. The molecule has 0 bridgehead atoms. The van der Waals surface area contributed by atoms with E-state index in [0.29, 0.717) is 11.7 Å². The fraction of sp³-hybridized carbons (Fsp3) is 0.357. The lowest BCUT2D eigenvalue weighted by molar-refractivity contribution is 0.0933. The van der Waals surface area contributed by atoms with Crippen LogP contribution in [0, 0.1) is 0 Å². The van der Waals surface area contributed by atoms with E-state index in [2.05, 4.69) is 15.3 Å². The van der Waals surface area contributed by atoms with Crippen molar-refractivity contribution in [1.29, 1.82) is 0 Å². The Morgan fingerprint density at radius 2 is 2.32 bits per heavy atom. The van der Waals surface area contributed by atoms with E-state index >= 15 is 0 Å². The number of halogens is 1. The molecule has 22 heavy (non-hydrogen) atoms. The lowest BCUT2D eigenvalue weighted by Gasteiger charge is -2.22. The molecule has 1 amide bonds. The molecule has 118 valence electrons. The molecule has 0 aromatic carbocycles. The first-order chi connectivity index (χ1) is 10.5. The predicted octanol–water partition coefficient (Wildman–Crippen LogP) is 2.48. The first kappa shape index (κ1) is 16.8. The molecular weight excluding hydrogens is 324 g/mol. The van der Waals surface area contributed by atoms with Crippen LogP contribution in [0.4, 0.5) is 0 Å². The maximum atomic E-state index is 12.3. The van der Waals surface area contributed by atoms with Gasteiger partial charge in [0.15, 0.2) is 10.9 Å². The average molecular weight is 341 g/mol. The summed E-state index contributed by atoms with van der Waals surface area (Å²) < 4.78 is 5.41. The topological polar surface area (TPSA) is 71.3 Å². The number of furan rings is 1. The molecule has 0 aliphatic heterocycles.